The van der Waals surface area contributed by atoms with Gasteiger partial charge in [0.15, 0.2) is 6.29 Å². The lowest BCUT2D eigenvalue weighted by Gasteiger charge is -2.41. The highest BCUT2D eigenvalue weighted by Gasteiger charge is 2.47. The van der Waals surface area contributed by atoms with Crippen molar-refractivity contribution in [2.75, 3.05) is 26.4 Å². The van der Waals surface area contributed by atoms with Crippen LogP contribution in [0.1, 0.15) is 52.4 Å². The van der Waals surface area contributed by atoms with Gasteiger partial charge in [-0.2, -0.15) is 8.42 Å². The first kappa shape index (κ1) is 37.8. The van der Waals surface area contributed by atoms with Crippen molar-refractivity contribution >= 4 is 16.4 Å². The van der Waals surface area contributed by atoms with Crippen LogP contribution in [0.5, 0.6) is 0 Å². The molecule has 0 bridgehead atoms. The van der Waals surface area contributed by atoms with Crippen LogP contribution in [0.3, 0.4) is 0 Å². The van der Waals surface area contributed by atoms with Crippen LogP contribution in [0.4, 0.5) is 0 Å². The highest BCUT2D eigenvalue weighted by Crippen LogP contribution is 2.25. The van der Waals surface area contributed by atoms with Gasteiger partial charge in [-0.25, -0.2) is 4.18 Å². The molecule has 1 rings (SSSR count). The van der Waals surface area contributed by atoms with Crippen LogP contribution in [0.15, 0.2) is 60.8 Å². The zero-order valence-corrected chi connectivity index (χ0v) is 25.1. The molecule has 240 valence electrons. The van der Waals surface area contributed by atoms with Crippen molar-refractivity contribution in [1.29, 1.82) is 0 Å². The molecule has 1 heterocycles. The summed E-state index contributed by atoms with van der Waals surface area (Å²) < 4.78 is 56.9. The minimum Gasteiger partial charge on any atom is -0.458 e. The number of esters is 1. The van der Waals surface area contributed by atoms with Gasteiger partial charge in [-0.1, -0.05) is 67.7 Å². The molecule has 0 aromatic rings. The highest BCUT2D eigenvalue weighted by atomic mass is 32.3. The first-order valence-corrected chi connectivity index (χ1v) is 15.3. The predicted octanol–water partition coefficient (Wildman–Crippen LogP) is 2.72. The van der Waals surface area contributed by atoms with Crippen molar-refractivity contribution < 1.29 is 56.2 Å². The standard InChI is InChI=1S/C29H46O12S/c1-3-4-5-6-7-8-9-10-11-12-13-14-15-16-17-18-19-37-21-24(39-23(2)31)22-38-29-27(33)28(41-42(34,35)36)26(32)25(20-30)40-29/h4-5,7-8,10-11,13-14,16-17,24-30,32-33H,3,6,9,12,15,18-22H2,1-2H3,(H,34,35,36)/b5-4-,8-7-,11-10-,14-13-,17-16-. The van der Waals surface area contributed by atoms with Gasteiger partial charge in [-0.15, -0.1) is 0 Å². The SMILES string of the molecule is CC/C=C\C/C=C\C/C=C\C/C=C\C/C=C\CCOCC(COC1OC(CO)C(O)C(OS(=O)(=O)O)C1O)OC(C)=O. The maximum atomic E-state index is 11.5. The molecule has 13 heteroatoms. The van der Waals surface area contributed by atoms with Gasteiger partial charge in [0.25, 0.3) is 0 Å². The maximum absolute atomic E-state index is 11.5. The predicted molar refractivity (Wildman–Crippen MR) is 156 cm³/mol. The molecule has 0 spiro atoms. The second-order valence-corrected chi connectivity index (χ2v) is 10.4. The Kier molecular flexibility index (Phi) is 20.1. The number of ether oxygens (including phenoxy) is 4. The Balaban J connectivity index is 2.37. The molecule has 6 atom stereocenters. The van der Waals surface area contributed by atoms with Gasteiger partial charge in [0.2, 0.25) is 0 Å². The van der Waals surface area contributed by atoms with E-state index in [0.717, 1.165) is 32.1 Å². The van der Waals surface area contributed by atoms with E-state index < -0.39 is 59.8 Å². The van der Waals surface area contributed by atoms with Crippen molar-refractivity contribution in [3.63, 3.8) is 0 Å². The summed E-state index contributed by atoms with van der Waals surface area (Å²) >= 11 is 0. The van der Waals surface area contributed by atoms with E-state index in [0.29, 0.717) is 13.0 Å². The summed E-state index contributed by atoms with van der Waals surface area (Å²) in [6, 6.07) is 0. The van der Waals surface area contributed by atoms with Crippen LogP contribution in [-0.2, 0) is 38.3 Å². The minimum atomic E-state index is -5.04. The summed E-state index contributed by atoms with van der Waals surface area (Å²) in [4.78, 5) is 11.5. The summed E-state index contributed by atoms with van der Waals surface area (Å²) in [5, 5.41) is 29.9. The van der Waals surface area contributed by atoms with Crippen molar-refractivity contribution in [3.8, 4) is 0 Å². The highest BCUT2D eigenvalue weighted by molar-refractivity contribution is 7.80. The Morgan fingerprint density at radius 2 is 1.43 bits per heavy atom. The monoisotopic (exact) mass is 618 g/mol. The average molecular weight is 619 g/mol. The van der Waals surface area contributed by atoms with E-state index in [1.165, 1.54) is 6.92 Å². The van der Waals surface area contributed by atoms with E-state index in [9.17, 15) is 28.5 Å². The molecule has 0 amide bonds. The summed E-state index contributed by atoms with van der Waals surface area (Å²) in [5.74, 6) is -0.605. The first-order chi connectivity index (χ1) is 20.1. The lowest BCUT2D eigenvalue weighted by molar-refractivity contribution is -0.301. The quantitative estimate of drug-likeness (QED) is 0.0641. The van der Waals surface area contributed by atoms with E-state index in [4.69, 9.17) is 23.5 Å². The molecule has 4 N–H and O–H groups in total. The Morgan fingerprint density at radius 3 is 1.93 bits per heavy atom. The lowest BCUT2D eigenvalue weighted by atomic mass is 9.99. The third kappa shape index (κ3) is 17.7. The minimum absolute atomic E-state index is 0.0376. The molecule has 1 aliphatic heterocycles. The number of aliphatic hydroxyl groups is 3. The molecule has 1 saturated heterocycles. The van der Waals surface area contributed by atoms with Crippen molar-refractivity contribution in [2.24, 2.45) is 0 Å². The molecule has 1 fully saturated rings. The van der Waals surface area contributed by atoms with Gasteiger partial charge in [-0.3, -0.25) is 9.35 Å². The van der Waals surface area contributed by atoms with Gasteiger partial charge in [0.1, 0.15) is 30.5 Å². The van der Waals surface area contributed by atoms with Gasteiger partial charge < -0.3 is 34.3 Å². The second-order valence-electron chi connectivity index (χ2n) is 9.33. The zero-order chi connectivity index (χ0) is 31.2. The number of hydrogen-bond donors (Lipinski definition) is 4. The van der Waals surface area contributed by atoms with E-state index in [-0.39, 0.29) is 13.2 Å². The molecular weight excluding hydrogens is 572 g/mol. The molecule has 0 aliphatic carbocycles. The first-order valence-electron chi connectivity index (χ1n) is 14.0. The summed E-state index contributed by atoms with van der Waals surface area (Å²) in [7, 11) is -5.04. The number of rotatable bonds is 21. The van der Waals surface area contributed by atoms with E-state index in [1.54, 1.807) is 0 Å². The fourth-order valence-electron chi connectivity index (χ4n) is 3.73. The average Bonchev–Trinajstić information content (AvgIpc) is 2.93. The zero-order valence-electron chi connectivity index (χ0n) is 24.3. The van der Waals surface area contributed by atoms with Gasteiger partial charge >= 0.3 is 16.4 Å². The van der Waals surface area contributed by atoms with Crippen LogP contribution in [0.2, 0.25) is 0 Å². The Labute approximate surface area is 248 Å². The Morgan fingerprint density at radius 1 is 0.881 bits per heavy atom. The largest absolute Gasteiger partial charge is 0.458 e. The molecule has 6 unspecified atom stereocenters. The van der Waals surface area contributed by atoms with Crippen LogP contribution in [0, 0.1) is 0 Å². The van der Waals surface area contributed by atoms with E-state index >= 15 is 0 Å². The van der Waals surface area contributed by atoms with Gasteiger partial charge in [0.05, 0.1) is 26.4 Å². The van der Waals surface area contributed by atoms with Crippen LogP contribution in [0.25, 0.3) is 0 Å². The van der Waals surface area contributed by atoms with Crippen molar-refractivity contribution in [2.45, 2.75) is 89.2 Å². The molecule has 0 aromatic carbocycles. The fraction of sp³-hybridized carbons (Fsp3) is 0.621. The Hall–Kier alpha value is -2.20. The van der Waals surface area contributed by atoms with Crippen LogP contribution in [-0.4, -0.2) is 97.5 Å². The molecular formula is C29H46O12S. The molecule has 0 aromatic heterocycles. The van der Waals surface area contributed by atoms with Crippen LogP contribution < -0.4 is 0 Å². The topological polar surface area (TPSA) is 178 Å². The number of carbonyl (C=O) groups excluding carboxylic acids is 1. The second kappa shape index (κ2) is 22.4. The lowest BCUT2D eigenvalue weighted by Crippen LogP contribution is -2.60. The third-order valence-electron chi connectivity index (χ3n) is 5.72. The third-order valence-corrected chi connectivity index (χ3v) is 6.19. The molecule has 1 aliphatic rings. The number of aliphatic hydroxyl groups excluding tert-OH is 3. The number of carbonyl (C=O) groups is 1. The summed E-state index contributed by atoms with van der Waals surface area (Å²) in [6.45, 7) is 2.54. The smallest absolute Gasteiger partial charge is 0.397 e. The summed E-state index contributed by atoms with van der Waals surface area (Å²) in [5.41, 5.74) is 0. The normalized spacial score (nSPS) is 24.6. The number of allylic oxidation sites excluding steroid dienone is 9. The Bertz CT molecular complexity index is 989. The molecule has 0 radical (unpaired) electrons. The van der Waals surface area contributed by atoms with Crippen molar-refractivity contribution in [3.05, 3.63) is 60.8 Å². The number of hydrogen-bond acceptors (Lipinski definition) is 11. The molecule has 42 heavy (non-hydrogen) atoms. The maximum Gasteiger partial charge on any atom is 0.397 e. The van der Waals surface area contributed by atoms with Crippen molar-refractivity contribution in [1.82, 2.24) is 0 Å². The van der Waals surface area contributed by atoms with Gasteiger partial charge in [0, 0.05) is 6.92 Å². The summed E-state index contributed by atoms with van der Waals surface area (Å²) in [6.07, 6.45) is 16.9. The van der Waals surface area contributed by atoms with E-state index in [1.807, 2.05) is 12.2 Å². The van der Waals surface area contributed by atoms with Crippen LogP contribution >= 0.6 is 0 Å². The fourth-order valence-corrected chi connectivity index (χ4v) is 4.24. The molecule has 0 saturated carbocycles. The van der Waals surface area contributed by atoms with Gasteiger partial charge in [-0.05, 0) is 38.5 Å². The molecule has 12 nitrogen and oxygen atoms in total. The van der Waals surface area contributed by atoms with E-state index in [2.05, 4.69) is 59.7 Å².